The van der Waals surface area contributed by atoms with Crippen LogP contribution in [0.15, 0.2) is 36.7 Å². The quantitative estimate of drug-likeness (QED) is 0.916. The minimum Gasteiger partial charge on any atom is -0.367 e. The molecule has 0 saturated heterocycles. The van der Waals surface area contributed by atoms with Crippen LogP contribution in [0.2, 0.25) is 5.02 Å². The molecule has 18 heavy (non-hydrogen) atoms. The third-order valence-corrected chi connectivity index (χ3v) is 2.68. The Labute approximate surface area is 110 Å². The zero-order valence-corrected chi connectivity index (χ0v) is 10.4. The lowest BCUT2D eigenvalue weighted by atomic mass is 10.1. The summed E-state index contributed by atoms with van der Waals surface area (Å²) in [6.07, 6.45) is 3.90. The predicted octanol–water partition coefficient (Wildman–Crippen LogP) is 2.66. The second-order valence-electron chi connectivity index (χ2n) is 3.67. The first-order valence-electron chi connectivity index (χ1n) is 5.49. The van der Waals surface area contributed by atoms with Crippen molar-refractivity contribution >= 4 is 17.4 Å². The molecular weight excluding hydrogens is 248 g/mol. The third-order valence-electron chi connectivity index (χ3n) is 2.42. The van der Waals surface area contributed by atoms with Crippen LogP contribution >= 0.6 is 11.6 Å². The second kappa shape index (κ2) is 5.99. The molecule has 0 bridgehead atoms. The number of nitrogens with zero attached hydrogens (tertiary/aromatic N) is 3. The van der Waals surface area contributed by atoms with E-state index in [2.05, 4.69) is 15.3 Å². The Morgan fingerprint density at radius 3 is 2.61 bits per heavy atom. The van der Waals surface area contributed by atoms with Crippen molar-refractivity contribution in [2.75, 3.05) is 11.9 Å². The summed E-state index contributed by atoms with van der Waals surface area (Å²) in [5.74, 6) is 0.522. The molecule has 0 aliphatic rings. The van der Waals surface area contributed by atoms with Crippen LogP contribution in [0.25, 0.3) is 0 Å². The highest BCUT2D eigenvalue weighted by Gasteiger charge is 2.02. The van der Waals surface area contributed by atoms with Gasteiger partial charge >= 0.3 is 0 Å². The summed E-state index contributed by atoms with van der Waals surface area (Å²) in [6, 6.07) is 9.68. The van der Waals surface area contributed by atoms with E-state index in [0.717, 1.165) is 11.4 Å². The van der Waals surface area contributed by atoms with Crippen molar-refractivity contribution in [2.24, 2.45) is 0 Å². The molecule has 2 aromatic rings. The molecular formula is C13H11ClN4. The Kier molecular flexibility index (Phi) is 4.11. The lowest BCUT2D eigenvalue weighted by molar-refractivity contribution is 0.995. The first-order chi connectivity index (χ1) is 8.79. The minimum atomic E-state index is 0.314. The van der Waals surface area contributed by atoms with Crippen molar-refractivity contribution in [3.8, 4) is 6.07 Å². The maximum Gasteiger partial charge on any atom is 0.182 e. The van der Waals surface area contributed by atoms with Gasteiger partial charge in [0.1, 0.15) is 6.07 Å². The molecule has 2 rings (SSSR count). The molecule has 0 atom stereocenters. The van der Waals surface area contributed by atoms with Crippen molar-refractivity contribution in [1.82, 2.24) is 9.97 Å². The maximum atomic E-state index is 8.86. The van der Waals surface area contributed by atoms with E-state index in [9.17, 15) is 0 Å². The molecule has 0 saturated carbocycles. The van der Waals surface area contributed by atoms with Gasteiger partial charge < -0.3 is 5.32 Å². The number of nitrogens with one attached hydrogen (secondary N) is 1. The smallest absolute Gasteiger partial charge is 0.182 e. The van der Waals surface area contributed by atoms with E-state index >= 15 is 0 Å². The Hall–Kier alpha value is -2.12. The number of hydrogen-bond donors (Lipinski definition) is 1. The molecule has 1 aromatic heterocycles. The molecule has 1 aromatic carbocycles. The summed E-state index contributed by atoms with van der Waals surface area (Å²) in [7, 11) is 0. The van der Waals surface area contributed by atoms with E-state index in [1.807, 2.05) is 30.3 Å². The van der Waals surface area contributed by atoms with Crippen LogP contribution in [0.4, 0.5) is 5.82 Å². The summed E-state index contributed by atoms with van der Waals surface area (Å²) in [4.78, 5) is 8.01. The van der Waals surface area contributed by atoms with E-state index in [-0.39, 0.29) is 0 Å². The normalized spacial score (nSPS) is 9.78. The molecule has 5 heteroatoms. The SMILES string of the molecule is N#Cc1nccnc1NCCc1ccc(Cl)cc1. The maximum absolute atomic E-state index is 8.86. The number of anilines is 1. The van der Waals surface area contributed by atoms with Crippen molar-refractivity contribution in [3.63, 3.8) is 0 Å². The van der Waals surface area contributed by atoms with E-state index in [1.165, 1.54) is 11.8 Å². The van der Waals surface area contributed by atoms with Gasteiger partial charge in [-0.15, -0.1) is 0 Å². The van der Waals surface area contributed by atoms with Crippen LogP contribution in [0.3, 0.4) is 0 Å². The average Bonchev–Trinajstić information content (AvgIpc) is 2.41. The molecule has 0 radical (unpaired) electrons. The zero-order valence-electron chi connectivity index (χ0n) is 9.60. The van der Waals surface area contributed by atoms with E-state index < -0.39 is 0 Å². The van der Waals surface area contributed by atoms with Crippen molar-refractivity contribution < 1.29 is 0 Å². The average molecular weight is 259 g/mol. The fourth-order valence-corrected chi connectivity index (χ4v) is 1.65. The van der Waals surface area contributed by atoms with Gasteiger partial charge in [0.25, 0.3) is 0 Å². The van der Waals surface area contributed by atoms with Crippen molar-refractivity contribution in [1.29, 1.82) is 5.26 Å². The van der Waals surface area contributed by atoms with Crippen LogP contribution in [0, 0.1) is 11.3 Å². The molecule has 0 aliphatic carbocycles. The summed E-state index contributed by atoms with van der Waals surface area (Å²) < 4.78 is 0. The highest BCUT2D eigenvalue weighted by molar-refractivity contribution is 6.30. The standard InChI is InChI=1S/C13H11ClN4/c14-11-3-1-10(2-4-11)5-6-17-13-12(9-15)16-7-8-18-13/h1-4,7-8H,5-6H2,(H,17,18). The van der Waals surface area contributed by atoms with Crippen LogP contribution < -0.4 is 5.32 Å². The molecule has 4 nitrogen and oxygen atoms in total. The summed E-state index contributed by atoms with van der Waals surface area (Å²) in [5.41, 5.74) is 1.49. The summed E-state index contributed by atoms with van der Waals surface area (Å²) in [6.45, 7) is 0.689. The summed E-state index contributed by atoms with van der Waals surface area (Å²) in [5, 5.41) is 12.7. The van der Waals surface area contributed by atoms with Gasteiger partial charge in [0.15, 0.2) is 11.5 Å². The lowest BCUT2D eigenvalue weighted by Crippen LogP contribution is -2.08. The fourth-order valence-electron chi connectivity index (χ4n) is 1.53. The van der Waals surface area contributed by atoms with E-state index in [1.54, 1.807) is 6.20 Å². The van der Waals surface area contributed by atoms with Crippen LogP contribution in [-0.2, 0) is 6.42 Å². The highest BCUT2D eigenvalue weighted by atomic mass is 35.5. The zero-order chi connectivity index (χ0) is 12.8. The Morgan fingerprint density at radius 2 is 1.89 bits per heavy atom. The Balaban J connectivity index is 1.93. The predicted molar refractivity (Wildman–Crippen MR) is 70.4 cm³/mol. The molecule has 0 spiro atoms. The molecule has 0 fully saturated rings. The van der Waals surface area contributed by atoms with Crippen LogP contribution in [0.5, 0.6) is 0 Å². The number of halogens is 1. The highest BCUT2D eigenvalue weighted by Crippen LogP contribution is 2.11. The van der Waals surface area contributed by atoms with Gasteiger partial charge in [0.2, 0.25) is 0 Å². The molecule has 0 amide bonds. The number of rotatable bonds is 4. The monoisotopic (exact) mass is 258 g/mol. The van der Waals surface area contributed by atoms with Crippen molar-refractivity contribution in [2.45, 2.75) is 6.42 Å². The van der Waals surface area contributed by atoms with Gasteiger partial charge in [0.05, 0.1) is 0 Å². The molecule has 1 heterocycles. The fraction of sp³-hybridized carbons (Fsp3) is 0.154. The largest absolute Gasteiger partial charge is 0.367 e. The van der Waals surface area contributed by atoms with E-state index in [0.29, 0.717) is 18.1 Å². The first-order valence-corrected chi connectivity index (χ1v) is 5.87. The molecule has 0 unspecified atom stereocenters. The Bertz CT molecular complexity index is 560. The minimum absolute atomic E-state index is 0.314. The van der Waals surface area contributed by atoms with Gasteiger partial charge in [-0.25, -0.2) is 9.97 Å². The van der Waals surface area contributed by atoms with E-state index in [4.69, 9.17) is 16.9 Å². The second-order valence-corrected chi connectivity index (χ2v) is 4.11. The van der Waals surface area contributed by atoms with Gasteiger partial charge in [0, 0.05) is 24.0 Å². The van der Waals surface area contributed by atoms with Gasteiger partial charge in [-0.1, -0.05) is 23.7 Å². The molecule has 0 aliphatic heterocycles. The number of aromatic nitrogens is 2. The lowest BCUT2D eigenvalue weighted by Gasteiger charge is -2.06. The number of benzene rings is 1. The third kappa shape index (κ3) is 3.19. The number of hydrogen-bond acceptors (Lipinski definition) is 4. The van der Waals surface area contributed by atoms with Crippen molar-refractivity contribution in [3.05, 3.63) is 52.9 Å². The first kappa shape index (κ1) is 12.3. The molecule has 1 N–H and O–H groups in total. The Morgan fingerprint density at radius 1 is 1.17 bits per heavy atom. The topological polar surface area (TPSA) is 61.6 Å². The van der Waals surface area contributed by atoms with Gasteiger partial charge in [-0.2, -0.15) is 5.26 Å². The summed E-state index contributed by atoms with van der Waals surface area (Å²) >= 11 is 5.81. The molecule has 90 valence electrons. The van der Waals surface area contributed by atoms with Gasteiger partial charge in [-0.3, -0.25) is 0 Å². The number of nitriles is 1. The van der Waals surface area contributed by atoms with Crippen LogP contribution in [-0.4, -0.2) is 16.5 Å². The van der Waals surface area contributed by atoms with Crippen LogP contribution in [0.1, 0.15) is 11.3 Å². The van der Waals surface area contributed by atoms with Gasteiger partial charge in [-0.05, 0) is 24.1 Å².